The highest BCUT2D eigenvalue weighted by atomic mass is 19.4. The summed E-state index contributed by atoms with van der Waals surface area (Å²) in [6.45, 7) is 2.22. The molecule has 4 rings (SSSR count). The molecule has 1 heterocycles. The highest BCUT2D eigenvalue weighted by molar-refractivity contribution is 5.66. The van der Waals surface area contributed by atoms with Crippen LogP contribution in [0, 0.1) is 35.0 Å². The van der Waals surface area contributed by atoms with Gasteiger partial charge in [0.15, 0.2) is 6.29 Å². The van der Waals surface area contributed by atoms with Gasteiger partial charge in [-0.15, -0.1) is 0 Å². The fourth-order valence-electron chi connectivity index (χ4n) is 3.79. The van der Waals surface area contributed by atoms with E-state index in [4.69, 9.17) is 9.47 Å². The molecule has 0 aliphatic carbocycles. The van der Waals surface area contributed by atoms with Gasteiger partial charge in [0.1, 0.15) is 46.0 Å². The maximum atomic E-state index is 14.7. The summed E-state index contributed by atoms with van der Waals surface area (Å²) in [5.74, 6) is -9.80. The Bertz CT molecular complexity index is 1300. The number of rotatable bonds is 5. The fourth-order valence-corrected chi connectivity index (χ4v) is 3.79. The van der Waals surface area contributed by atoms with Crippen molar-refractivity contribution in [3.8, 4) is 16.9 Å². The zero-order chi connectivity index (χ0) is 28.0. The molecule has 3 nitrogen and oxygen atoms in total. The summed E-state index contributed by atoms with van der Waals surface area (Å²) in [5.41, 5.74) is -5.50. The molecule has 13 heteroatoms. The van der Waals surface area contributed by atoms with E-state index in [9.17, 15) is 43.9 Å². The molecule has 0 atom stereocenters. The molecule has 0 N–H and O–H groups in total. The van der Waals surface area contributed by atoms with Crippen LogP contribution >= 0.6 is 0 Å². The first-order valence-electron chi connectivity index (χ1n) is 10.8. The maximum Gasteiger partial charge on any atom is 0.432 e. The van der Waals surface area contributed by atoms with E-state index in [2.05, 4.69) is 4.74 Å². The quantitative estimate of drug-likeness (QED) is 0.301. The number of hydrogen-bond donors (Lipinski definition) is 0. The van der Waals surface area contributed by atoms with E-state index in [1.165, 1.54) is 0 Å². The van der Waals surface area contributed by atoms with E-state index < -0.39 is 75.7 Å². The Morgan fingerprint density at radius 2 is 1.24 bits per heavy atom. The average molecular weight is 554 g/mol. The lowest BCUT2D eigenvalue weighted by Gasteiger charge is -2.28. The molecule has 0 radical (unpaired) electrons. The van der Waals surface area contributed by atoms with Gasteiger partial charge in [0, 0.05) is 23.1 Å². The molecular weight excluding hydrogens is 538 g/mol. The number of benzene rings is 3. The first-order valence-corrected chi connectivity index (χ1v) is 10.8. The molecule has 0 spiro atoms. The van der Waals surface area contributed by atoms with Gasteiger partial charge in [-0.05, 0) is 42.0 Å². The molecule has 0 aromatic heterocycles. The summed E-state index contributed by atoms with van der Waals surface area (Å²) in [7, 11) is 0. The van der Waals surface area contributed by atoms with Gasteiger partial charge in [0.25, 0.3) is 0 Å². The van der Waals surface area contributed by atoms with Crippen molar-refractivity contribution in [3.05, 3.63) is 88.2 Å². The second kappa shape index (κ2) is 10.1. The number of alkyl halides is 5. The van der Waals surface area contributed by atoms with Crippen LogP contribution in [0.4, 0.5) is 43.9 Å². The van der Waals surface area contributed by atoms with Gasteiger partial charge in [-0.25, -0.2) is 22.0 Å². The molecule has 204 valence electrons. The van der Waals surface area contributed by atoms with Crippen molar-refractivity contribution >= 4 is 0 Å². The molecule has 0 bridgehead atoms. The average Bonchev–Trinajstić information content (AvgIpc) is 2.77. The van der Waals surface area contributed by atoms with Crippen LogP contribution < -0.4 is 4.74 Å². The Labute approximate surface area is 208 Å². The van der Waals surface area contributed by atoms with Crippen molar-refractivity contribution in [1.29, 1.82) is 0 Å². The van der Waals surface area contributed by atoms with Crippen molar-refractivity contribution < 1.29 is 58.1 Å². The number of halogens is 10. The van der Waals surface area contributed by atoms with Crippen molar-refractivity contribution in [2.24, 2.45) is 5.92 Å². The first kappa shape index (κ1) is 27.7. The first-order chi connectivity index (χ1) is 17.7. The molecular formula is C25H16F10O3. The molecule has 3 aromatic carbocycles. The van der Waals surface area contributed by atoms with Crippen LogP contribution in [0.1, 0.15) is 29.9 Å². The summed E-state index contributed by atoms with van der Waals surface area (Å²) in [5, 5.41) is 0. The van der Waals surface area contributed by atoms with Crippen LogP contribution in [0.2, 0.25) is 0 Å². The maximum absolute atomic E-state index is 14.7. The van der Waals surface area contributed by atoms with Crippen molar-refractivity contribution in [3.63, 3.8) is 0 Å². The van der Waals surface area contributed by atoms with Crippen molar-refractivity contribution in [2.75, 3.05) is 13.2 Å². The highest BCUT2D eigenvalue weighted by Crippen LogP contribution is 2.40. The molecule has 0 unspecified atom stereocenters. The van der Waals surface area contributed by atoms with E-state index in [1.54, 1.807) is 6.92 Å². The molecule has 1 fully saturated rings. The fraction of sp³-hybridized carbons (Fsp3) is 0.280. The van der Waals surface area contributed by atoms with Crippen LogP contribution in [0.15, 0.2) is 42.5 Å². The monoisotopic (exact) mass is 554 g/mol. The zero-order valence-corrected chi connectivity index (χ0v) is 19.1. The summed E-state index contributed by atoms with van der Waals surface area (Å²) < 4.78 is 154. The SMILES string of the molecule is CC1COC(c2cc(F)c(C(F)(F)Oc3ccc(-c4cc(F)c(C(F)(F)F)c(F)c4)c(F)c3)c(F)c2)OC1. The van der Waals surface area contributed by atoms with Crippen molar-refractivity contribution in [1.82, 2.24) is 0 Å². The van der Waals surface area contributed by atoms with Crippen LogP contribution in [0.5, 0.6) is 5.75 Å². The largest absolute Gasteiger partial charge is 0.432 e. The Hall–Kier alpha value is -3.32. The van der Waals surface area contributed by atoms with Gasteiger partial charge in [0.2, 0.25) is 0 Å². The highest BCUT2D eigenvalue weighted by Gasteiger charge is 2.42. The predicted molar refractivity (Wildman–Crippen MR) is 111 cm³/mol. The standard InChI is InChI=1S/C25H16F10O3/c1-11-9-36-23(37-10-11)13-6-19(29)22(20(30)7-13)25(34,35)38-14-2-3-15(16(26)8-14)12-4-17(27)21(18(28)5-12)24(31,32)33/h2-8,11,23H,9-10H2,1H3. The Balaban J connectivity index is 1.59. The summed E-state index contributed by atoms with van der Waals surface area (Å²) in [4.78, 5) is 0. The minimum Gasteiger partial charge on any atom is -0.429 e. The number of hydrogen-bond acceptors (Lipinski definition) is 3. The third kappa shape index (κ3) is 5.58. The third-order valence-electron chi connectivity index (χ3n) is 5.52. The predicted octanol–water partition coefficient (Wildman–Crippen LogP) is 7.88. The van der Waals surface area contributed by atoms with Gasteiger partial charge >= 0.3 is 12.3 Å². The molecule has 1 saturated heterocycles. The molecule has 3 aromatic rings. The topological polar surface area (TPSA) is 27.7 Å². The second-order valence-electron chi connectivity index (χ2n) is 8.54. The smallest absolute Gasteiger partial charge is 0.429 e. The Morgan fingerprint density at radius 3 is 1.74 bits per heavy atom. The summed E-state index contributed by atoms with van der Waals surface area (Å²) in [6.07, 6.45) is -11.2. The summed E-state index contributed by atoms with van der Waals surface area (Å²) in [6, 6.07) is 3.26. The Kier molecular flexibility index (Phi) is 7.36. The molecule has 0 amide bonds. The van der Waals surface area contributed by atoms with E-state index in [0.29, 0.717) is 30.3 Å². The van der Waals surface area contributed by atoms with Gasteiger partial charge in [0.05, 0.1) is 13.2 Å². The molecule has 1 aliphatic rings. The van der Waals surface area contributed by atoms with E-state index in [1.807, 2.05) is 0 Å². The second-order valence-corrected chi connectivity index (χ2v) is 8.54. The minimum atomic E-state index is -5.35. The van der Waals surface area contributed by atoms with Crippen LogP contribution in [-0.4, -0.2) is 13.2 Å². The lowest BCUT2D eigenvalue weighted by atomic mass is 10.0. The minimum absolute atomic E-state index is 0.0158. The van der Waals surface area contributed by atoms with Gasteiger partial charge in [-0.2, -0.15) is 22.0 Å². The Morgan fingerprint density at radius 1 is 0.711 bits per heavy atom. The third-order valence-corrected chi connectivity index (χ3v) is 5.52. The van der Waals surface area contributed by atoms with Gasteiger partial charge in [-0.1, -0.05) is 6.92 Å². The molecule has 38 heavy (non-hydrogen) atoms. The zero-order valence-electron chi connectivity index (χ0n) is 19.1. The van der Waals surface area contributed by atoms with Crippen LogP contribution in [0.3, 0.4) is 0 Å². The normalized spacial score (nSPS) is 18.5. The van der Waals surface area contributed by atoms with E-state index >= 15 is 0 Å². The van der Waals surface area contributed by atoms with Crippen LogP contribution in [-0.2, 0) is 21.8 Å². The van der Waals surface area contributed by atoms with E-state index in [0.717, 1.165) is 0 Å². The summed E-state index contributed by atoms with van der Waals surface area (Å²) >= 11 is 0. The molecule has 0 saturated carbocycles. The van der Waals surface area contributed by atoms with Crippen LogP contribution in [0.25, 0.3) is 11.1 Å². The van der Waals surface area contributed by atoms with E-state index in [-0.39, 0.29) is 36.8 Å². The van der Waals surface area contributed by atoms with Crippen molar-refractivity contribution in [2.45, 2.75) is 25.5 Å². The lowest BCUT2D eigenvalue weighted by molar-refractivity contribution is -0.203. The van der Waals surface area contributed by atoms with Gasteiger partial charge in [-0.3, -0.25) is 0 Å². The molecule has 1 aliphatic heterocycles. The number of ether oxygens (including phenoxy) is 3. The lowest BCUT2D eigenvalue weighted by Crippen LogP contribution is -2.27. The van der Waals surface area contributed by atoms with Gasteiger partial charge < -0.3 is 14.2 Å².